The van der Waals surface area contributed by atoms with E-state index in [1.807, 2.05) is 24.3 Å². The quantitative estimate of drug-likeness (QED) is 0.257. The molecule has 0 saturated heterocycles. The Labute approximate surface area is 192 Å². The molecule has 0 radical (unpaired) electrons. The lowest BCUT2D eigenvalue weighted by Gasteiger charge is -2.12. The van der Waals surface area contributed by atoms with Gasteiger partial charge in [0.1, 0.15) is 11.5 Å². The molecule has 3 aromatic rings. The maximum atomic E-state index is 12.2. The molecule has 7 heteroatoms. The second-order valence-corrected chi connectivity index (χ2v) is 6.95. The predicted octanol–water partition coefficient (Wildman–Crippen LogP) is 4.95. The lowest BCUT2D eigenvalue weighted by Crippen LogP contribution is -2.07. The van der Waals surface area contributed by atoms with Gasteiger partial charge in [0.2, 0.25) is 11.7 Å². The first-order chi connectivity index (χ1) is 15.9. The molecule has 170 valence electrons. The molecule has 0 aliphatic heterocycles. The minimum Gasteiger partial charge on any atom is -0.507 e. The number of anilines is 1. The second-order valence-electron chi connectivity index (χ2n) is 6.95. The topological polar surface area (TPSA) is 97.3 Å². The van der Waals surface area contributed by atoms with Crippen LogP contribution in [0, 0.1) is 0 Å². The molecule has 7 nitrogen and oxygen atoms in total. The van der Waals surface area contributed by atoms with Gasteiger partial charge in [0.25, 0.3) is 0 Å². The van der Waals surface area contributed by atoms with Crippen LogP contribution in [-0.2, 0) is 4.79 Å². The average Bonchev–Trinajstić information content (AvgIpc) is 2.83. The number of phenols is 2. The SMILES string of the molecule is COc1cc(C=Cc2ccc(NC(=O)/C=C/c3ccccc3O)c(O)c2)cc(OC)c1OC. The Kier molecular flexibility index (Phi) is 7.60. The highest BCUT2D eigenvalue weighted by atomic mass is 16.5. The number of phenolic OH excluding ortho intramolecular Hbond substituents is 2. The van der Waals surface area contributed by atoms with Crippen molar-refractivity contribution in [3.63, 3.8) is 0 Å². The minimum atomic E-state index is -0.436. The number of nitrogens with one attached hydrogen (secondary N) is 1. The summed E-state index contributed by atoms with van der Waals surface area (Å²) in [7, 11) is 4.64. The Morgan fingerprint density at radius 3 is 2.06 bits per heavy atom. The van der Waals surface area contributed by atoms with E-state index in [-0.39, 0.29) is 17.2 Å². The number of carbonyl (C=O) groups is 1. The number of ether oxygens (including phenoxy) is 3. The van der Waals surface area contributed by atoms with Crippen LogP contribution in [0.1, 0.15) is 16.7 Å². The summed E-state index contributed by atoms with van der Waals surface area (Å²) in [5, 5.41) is 22.7. The first-order valence-corrected chi connectivity index (χ1v) is 10.0. The van der Waals surface area contributed by atoms with Gasteiger partial charge in [-0.3, -0.25) is 4.79 Å². The summed E-state index contributed by atoms with van der Waals surface area (Å²) >= 11 is 0. The fourth-order valence-corrected chi connectivity index (χ4v) is 3.12. The summed E-state index contributed by atoms with van der Waals surface area (Å²) in [6, 6.07) is 15.2. The van der Waals surface area contributed by atoms with Crippen LogP contribution >= 0.6 is 0 Å². The Bertz CT molecular complexity index is 1170. The van der Waals surface area contributed by atoms with E-state index in [0.29, 0.717) is 22.8 Å². The third-order valence-electron chi connectivity index (χ3n) is 4.79. The smallest absolute Gasteiger partial charge is 0.248 e. The fraction of sp³-hybridized carbons (Fsp3) is 0.115. The first kappa shape index (κ1) is 23.3. The Balaban J connectivity index is 1.72. The van der Waals surface area contributed by atoms with Crippen molar-refractivity contribution in [3.05, 3.63) is 77.4 Å². The first-order valence-electron chi connectivity index (χ1n) is 10.0. The molecule has 0 aliphatic carbocycles. The third kappa shape index (κ3) is 5.86. The summed E-state index contributed by atoms with van der Waals surface area (Å²) in [5.74, 6) is 1.14. The average molecular weight is 447 g/mol. The van der Waals surface area contributed by atoms with E-state index in [1.54, 1.807) is 51.7 Å². The summed E-state index contributed by atoms with van der Waals surface area (Å²) < 4.78 is 16.0. The molecule has 3 rings (SSSR count). The van der Waals surface area contributed by atoms with Crippen LogP contribution in [0.2, 0.25) is 0 Å². The van der Waals surface area contributed by atoms with Crippen molar-refractivity contribution in [2.45, 2.75) is 0 Å². The molecule has 0 saturated carbocycles. The molecule has 0 bridgehead atoms. The number of para-hydroxylation sites is 1. The van der Waals surface area contributed by atoms with Gasteiger partial charge in [0.05, 0.1) is 27.0 Å². The van der Waals surface area contributed by atoms with Crippen LogP contribution in [0.5, 0.6) is 28.7 Å². The number of rotatable bonds is 8. The minimum absolute atomic E-state index is 0.0765. The van der Waals surface area contributed by atoms with Crippen LogP contribution in [0.25, 0.3) is 18.2 Å². The largest absolute Gasteiger partial charge is 0.507 e. The van der Waals surface area contributed by atoms with E-state index in [0.717, 1.165) is 11.1 Å². The molecule has 0 fully saturated rings. The van der Waals surface area contributed by atoms with Crippen molar-refractivity contribution in [1.29, 1.82) is 0 Å². The Morgan fingerprint density at radius 1 is 0.788 bits per heavy atom. The highest BCUT2D eigenvalue weighted by molar-refractivity contribution is 6.03. The standard InChI is InChI=1S/C26H25NO6/c1-31-23-15-18(16-24(32-2)26(23)33-3)9-8-17-10-12-20(22(29)14-17)27-25(30)13-11-19-6-4-5-7-21(19)28/h4-16,28-29H,1-3H3,(H,27,30)/b9-8?,13-11+. The number of hydrogen-bond donors (Lipinski definition) is 3. The zero-order valence-corrected chi connectivity index (χ0v) is 18.5. The van der Waals surface area contributed by atoms with Gasteiger partial charge in [-0.2, -0.15) is 0 Å². The maximum absolute atomic E-state index is 12.2. The van der Waals surface area contributed by atoms with E-state index >= 15 is 0 Å². The van der Waals surface area contributed by atoms with E-state index in [4.69, 9.17) is 14.2 Å². The fourth-order valence-electron chi connectivity index (χ4n) is 3.12. The second kappa shape index (κ2) is 10.8. The molecule has 1 amide bonds. The highest BCUT2D eigenvalue weighted by Crippen LogP contribution is 2.38. The van der Waals surface area contributed by atoms with Crippen LogP contribution in [-0.4, -0.2) is 37.4 Å². The van der Waals surface area contributed by atoms with Crippen LogP contribution < -0.4 is 19.5 Å². The number of aromatic hydroxyl groups is 2. The number of hydrogen-bond acceptors (Lipinski definition) is 6. The van der Waals surface area contributed by atoms with E-state index < -0.39 is 5.91 Å². The van der Waals surface area contributed by atoms with Gasteiger partial charge in [-0.1, -0.05) is 36.4 Å². The number of carbonyl (C=O) groups excluding carboxylic acids is 1. The van der Waals surface area contributed by atoms with Gasteiger partial charge in [0, 0.05) is 11.6 Å². The lowest BCUT2D eigenvalue weighted by atomic mass is 10.1. The zero-order valence-electron chi connectivity index (χ0n) is 18.5. The molecular weight excluding hydrogens is 422 g/mol. The van der Waals surface area contributed by atoms with Crippen LogP contribution in [0.4, 0.5) is 5.69 Å². The van der Waals surface area contributed by atoms with Crippen molar-refractivity contribution < 1.29 is 29.2 Å². The summed E-state index contributed by atoms with van der Waals surface area (Å²) in [6.45, 7) is 0. The predicted molar refractivity (Wildman–Crippen MR) is 129 cm³/mol. The van der Waals surface area contributed by atoms with Gasteiger partial charge in [-0.05, 0) is 47.5 Å². The molecule has 0 aliphatic rings. The van der Waals surface area contributed by atoms with Gasteiger partial charge >= 0.3 is 0 Å². The number of methoxy groups -OCH3 is 3. The van der Waals surface area contributed by atoms with Gasteiger partial charge < -0.3 is 29.7 Å². The number of benzene rings is 3. The van der Waals surface area contributed by atoms with Gasteiger partial charge in [-0.15, -0.1) is 0 Å². The molecule has 0 heterocycles. The lowest BCUT2D eigenvalue weighted by molar-refractivity contribution is -0.111. The Morgan fingerprint density at radius 2 is 1.45 bits per heavy atom. The highest BCUT2D eigenvalue weighted by Gasteiger charge is 2.12. The summed E-state index contributed by atoms with van der Waals surface area (Å²) in [5.41, 5.74) is 2.33. The van der Waals surface area contributed by atoms with Gasteiger partial charge in [0.15, 0.2) is 11.5 Å². The van der Waals surface area contributed by atoms with E-state index in [9.17, 15) is 15.0 Å². The molecule has 33 heavy (non-hydrogen) atoms. The van der Waals surface area contributed by atoms with Crippen molar-refractivity contribution in [3.8, 4) is 28.7 Å². The summed E-state index contributed by atoms with van der Waals surface area (Å²) in [6.07, 6.45) is 6.43. The van der Waals surface area contributed by atoms with Crippen molar-refractivity contribution in [2.75, 3.05) is 26.6 Å². The zero-order chi connectivity index (χ0) is 23.8. The Hall–Kier alpha value is -4.39. The number of amides is 1. The molecule has 0 spiro atoms. The monoisotopic (exact) mass is 447 g/mol. The van der Waals surface area contributed by atoms with E-state index in [2.05, 4.69) is 5.32 Å². The van der Waals surface area contributed by atoms with Gasteiger partial charge in [-0.25, -0.2) is 0 Å². The van der Waals surface area contributed by atoms with E-state index in [1.165, 1.54) is 24.3 Å². The molecular formula is C26H25NO6. The molecule has 3 aromatic carbocycles. The molecule has 0 unspecified atom stereocenters. The summed E-state index contributed by atoms with van der Waals surface area (Å²) in [4.78, 5) is 12.2. The van der Waals surface area contributed by atoms with Crippen LogP contribution in [0.15, 0.2) is 60.7 Å². The van der Waals surface area contributed by atoms with Crippen molar-refractivity contribution in [1.82, 2.24) is 0 Å². The maximum Gasteiger partial charge on any atom is 0.248 e. The van der Waals surface area contributed by atoms with Crippen molar-refractivity contribution in [2.24, 2.45) is 0 Å². The van der Waals surface area contributed by atoms with Crippen LogP contribution in [0.3, 0.4) is 0 Å². The molecule has 0 aromatic heterocycles. The normalized spacial score (nSPS) is 11.0. The third-order valence-corrected chi connectivity index (χ3v) is 4.79. The van der Waals surface area contributed by atoms with Crippen molar-refractivity contribution >= 4 is 29.8 Å². The molecule has 0 atom stereocenters. The molecule has 3 N–H and O–H groups in total.